The van der Waals surface area contributed by atoms with Gasteiger partial charge in [0.2, 0.25) is 5.91 Å². The maximum atomic E-state index is 12.6. The molecule has 0 aromatic heterocycles. The monoisotopic (exact) mass is 451 g/mol. The lowest BCUT2D eigenvalue weighted by Gasteiger charge is -2.30. The Kier molecular flexibility index (Phi) is 8.22. The van der Waals surface area contributed by atoms with Crippen molar-refractivity contribution in [2.24, 2.45) is 0 Å². The van der Waals surface area contributed by atoms with Gasteiger partial charge in [0.25, 0.3) is 11.8 Å². The number of likely N-dealkylation sites (N-methyl/N-ethyl adjacent to an activating group) is 1. The first-order valence-corrected chi connectivity index (χ1v) is 11.5. The largest absolute Gasteiger partial charge is 0.497 e. The molecule has 7 heteroatoms. The molecule has 1 N–H and O–H groups in total. The molecule has 0 saturated carbocycles. The van der Waals surface area contributed by atoms with Crippen LogP contribution in [0.4, 0.5) is 0 Å². The van der Waals surface area contributed by atoms with Crippen LogP contribution in [-0.4, -0.2) is 60.8 Å². The van der Waals surface area contributed by atoms with Crippen molar-refractivity contribution >= 4 is 17.7 Å². The SMILES string of the molecule is CCN(CC)C(CNC(=O)CCCN1C(=O)c2ccc(C)cc2C1=O)c1cccc(OC)c1. The maximum absolute atomic E-state index is 12.6. The first kappa shape index (κ1) is 24.5. The highest BCUT2D eigenvalue weighted by molar-refractivity contribution is 6.21. The molecule has 7 nitrogen and oxygen atoms in total. The molecule has 3 rings (SSSR count). The van der Waals surface area contributed by atoms with Crippen molar-refractivity contribution in [2.45, 2.75) is 39.7 Å². The summed E-state index contributed by atoms with van der Waals surface area (Å²) >= 11 is 0. The van der Waals surface area contributed by atoms with Gasteiger partial charge in [0, 0.05) is 19.5 Å². The number of hydrogen-bond acceptors (Lipinski definition) is 5. The molecule has 33 heavy (non-hydrogen) atoms. The number of nitrogens with one attached hydrogen (secondary N) is 1. The van der Waals surface area contributed by atoms with E-state index in [4.69, 9.17) is 4.74 Å². The number of carbonyl (C=O) groups excluding carboxylic acids is 3. The standard InChI is InChI=1S/C26H33N3O4/c1-5-28(6-2)23(19-9-7-10-20(16-19)33-4)17-27-24(30)11-8-14-29-25(31)21-13-12-18(3)15-22(21)26(29)32/h7,9-10,12-13,15-16,23H,5-6,8,11,14,17H2,1-4H3,(H,27,30). The van der Waals surface area contributed by atoms with Gasteiger partial charge in [-0.3, -0.25) is 24.2 Å². The van der Waals surface area contributed by atoms with E-state index in [2.05, 4.69) is 24.1 Å². The van der Waals surface area contributed by atoms with Crippen LogP contribution in [0, 0.1) is 6.92 Å². The summed E-state index contributed by atoms with van der Waals surface area (Å²) < 4.78 is 5.36. The van der Waals surface area contributed by atoms with E-state index < -0.39 is 0 Å². The molecule has 1 unspecified atom stereocenters. The normalized spacial score (nSPS) is 13.9. The molecule has 2 aromatic rings. The van der Waals surface area contributed by atoms with Crippen LogP contribution in [0.1, 0.15) is 64.6 Å². The number of nitrogens with zero attached hydrogens (tertiary/aromatic N) is 2. The second kappa shape index (κ2) is 11.1. The molecule has 2 aromatic carbocycles. The molecule has 0 spiro atoms. The van der Waals surface area contributed by atoms with Crippen LogP contribution in [0.3, 0.4) is 0 Å². The first-order valence-electron chi connectivity index (χ1n) is 11.5. The Labute approximate surface area is 195 Å². The zero-order chi connectivity index (χ0) is 24.0. The second-order valence-corrected chi connectivity index (χ2v) is 8.23. The Hall–Kier alpha value is -3.19. The predicted octanol–water partition coefficient (Wildman–Crippen LogP) is 3.58. The fourth-order valence-corrected chi connectivity index (χ4v) is 4.28. The van der Waals surface area contributed by atoms with E-state index in [0.717, 1.165) is 30.0 Å². The van der Waals surface area contributed by atoms with Crippen molar-refractivity contribution in [2.75, 3.05) is 33.3 Å². The summed E-state index contributed by atoms with van der Waals surface area (Å²) in [5.74, 6) is 0.128. The van der Waals surface area contributed by atoms with E-state index in [1.54, 1.807) is 19.2 Å². The van der Waals surface area contributed by atoms with Crippen molar-refractivity contribution in [1.29, 1.82) is 0 Å². The van der Waals surface area contributed by atoms with Gasteiger partial charge >= 0.3 is 0 Å². The fourth-order valence-electron chi connectivity index (χ4n) is 4.28. The third-order valence-corrected chi connectivity index (χ3v) is 6.14. The highest BCUT2D eigenvalue weighted by Crippen LogP contribution is 2.25. The van der Waals surface area contributed by atoms with E-state index >= 15 is 0 Å². The van der Waals surface area contributed by atoms with Gasteiger partial charge < -0.3 is 10.1 Å². The quantitative estimate of drug-likeness (QED) is 0.529. The van der Waals surface area contributed by atoms with Crippen LogP contribution < -0.4 is 10.1 Å². The Morgan fingerprint density at radius 2 is 1.79 bits per heavy atom. The van der Waals surface area contributed by atoms with Crippen LogP contribution in [0.25, 0.3) is 0 Å². The van der Waals surface area contributed by atoms with E-state index in [1.165, 1.54) is 4.90 Å². The van der Waals surface area contributed by atoms with Crippen LogP contribution in [-0.2, 0) is 4.79 Å². The average Bonchev–Trinajstić information content (AvgIpc) is 3.05. The minimum absolute atomic E-state index is 0.0264. The predicted molar refractivity (Wildman–Crippen MR) is 127 cm³/mol. The summed E-state index contributed by atoms with van der Waals surface area (Å²) in [7, 11) is 1.64. The van der Waals surface area contributed by atoms with Crippen molar-refractivity contribution in [3.8, 4) is 5.75 Å². The van der Waals surface area contributed by atoms with Crippen LogP contribution in [0.5, 0.6) is 5.75 Å². The van der Waals surface area contributed by atoms with Gasteiger partial charge in [0.15, 0.2) is 0 Å². The number of aryl methyl sites for hydroxylation is 1. The smallest absolute Gasteiger partial charge is 0.261 e. The number of ether oxygens (including phenoxy) is 1. The Morgan fingerprint density at radius 1 is 1.06 bits per heavy atom. The minimum Gasteiger partial charge on any atom is -0.497 e. The third-order valence-electron chi connectivity index (χ3n) is 6.14. The number of fused-ring (bicyclic) bond motifs is 1. The molecule has 1 aliphatic heterocycles. The second-order valence-electron chi connectivity index (χ2n) is 8.23. The summed E-state index contributed by atoms with van der Waals surface area (Å²) in [5, 5.41) is 3.03. The van der Waals surface area contributed by atoms with Crippen LogP contribution >= 0.6 is 0 Å². The van der Waals surface area contributed by atoms with E-state index in [9.17, 15) is 14.4 Å². The molecular weight excluding hydrogens is 418 g/mol. The molecule has 0 fully saturated rings. The summed E-state index contributed by atoms with van der Waals surface area (Å²) in [6.07, 6.45) is 0.668. The summed E-state index contributed by atoms with van der Waals surface area (Å²) in [6.45, 7) is 8.50. The molecule has 0 radical (unpaired) electrons. The van der Waals surface area contributed by atoms with Gasteiger partial charge in [-0.1, -0.05) is 37.6 Å². The lowest BCUT2D eigenvalue weighted by molar-refractivity contribution is -0.121. The van der Waals surface area contributed by atoms with Crippen molar-refractivity contribution in [3.05, 3.63) is 64.7 Å². The van der Waals surface area contributed by atoms with Crippen molar-refractivity contribution < 1.29 is 19.1 Å². The zero-order valence-electron chi connectivity index (χ0n) is 19.9. The summed E-state index contributed by atoms with van der Waals surface area (Å²) in [6, 6.07) is 13.2. The zero-order valence-corrected chi connectivity index (χ0v) is 19.9. The third kappa shape index (κ3) is 5.60. The van der Waals surface area contributed by atoms with Crippen molar-refractivity contribution in [3.63, 3.8) is 0 Å². The molecular formula is C26H33N3O4. The van der Waals surface area contributed by atoms with E-state index in [0.29, 0.717) is 24.1 Å². The topological polar surface area (TPSA) is 79.0 Å². The highest BCUT2D eigenvalue weighted by atomic mass is 16.5. The molecule has 0 saturated heterocycles. The van der Waals surface area contributed by atoms with Crippen molar-refractivity contribution in [1.82, 2.24) is 15.1 Å². The molecule has 1 atom stereocenters. The summed E-state index contributed by atoms with van der Waals surface area (Å²) in [4.78, 5) is 41.2. The number of imide groups is 1. The Bertz CT molecular complexity index is 1020. The molecule has 0 aliphatic carbocycles. The summed E-state index contributed by atoms with van der Waals surface area (Å²) in [5.41, 5.74) is 2.91. The number of carbonyl (C=O) groups is 3. The van der Waals surface area contributed by atoms with Crippen LogP contribution in [0.2, 0.25) is 0 Å². The molecule has 1 aliphatic rings. The lowest BCUT2D eigenvalue weighted by Crippen LogP contribution is -2.38. The highest BCUT2D eigenvalue weighted by Gasteiger charge is 2.35. The van der Waals surface area contributed by atoms with Gasteiger partial charge in [0.1, 0.15) is 5.75 Å². The average molecular weight is 452 g/mol. The fraction of sp³-hybridized carbons (Fsp3) is 0.423. The minimum atomic E-state index is -0.282. The van der Waals surface area contributed by atoms with Gasteiger partial charge in [-0.15, -0.1) is 0 Å². The van der Waals surface area contributed by atoms with E-state index in [-0.39, 0.29) is 36.7 Å². The molecule has 176 valence electrons. The number of amides is 3. The molecule has 3 amide bonds. The van der Waals surface area contributed by atoms with Gasteiger partial charge in [-0.25, -0.2) is 0 Å². The first-order chi connectivity index (χ1) is 15.9. The Morgan fingerprint density at radius 3 is 2.48 bits per heavy atom. The maximum Gasteiger partial charge on any atom is 0.261 e. The van der Waals surface area contributed by atoms with Crippen LogP contribution in [0.15, 0.2) is 42.5 Å². The number of hydrogen-bond donors (Lipinski definition) is 1. The molecule has 0 bridgehead atoms. The van der Waals surface area contributed by atoms with Gasteiger partial charge in [-0.05, 0) is 56.3 Å². The number of methoxy groups -OCH3 is 1. The van der Waals surface area contributed by atoms with E-state index in [1.807, 2.05) is 37.3 Å². The molecule has 1 heterocycles. The Balaban J connectivity index is 1.55. The number of benzene rings is 2. The van der Waals surface area contributed by atoms with Gasteiger partial charge in [-0.2, -0.15) is 0 Å². The lowest BCUT2D eigenvalue weighted by atomic mass is 10.0. The number of rotatable bonds is 11. The van der Waals surface area contributed by atoms with Gasteiger partial charge in [0.05, 0.1) is 24.3 Å².